The molecule has 3 heterocycles. The normalized spacial score (nSPS) is 12.6. The molecule has 0 atom stereocenters. The van der Waals surface area contributed by atoms with Crippen LogP contribution in [0, 0.1) is 0 Å². The van der Waals surface area contributed by atoms with Gasteiger partial charge < -0.3 is 0 Å². The molecule has 2 aromatic heterocycles. The summed E-state index contributed by atoms with van der Waals surface area (Å²) in [6.07, 6.45) is 1.93. The molecule has 0 saturated heterocycles. The first-order valence-electron chi connectivity index (χ1n) is 14.7. The number of anilines is 3. The monoisotopic (exact) mass is 545 g/mol. The lowest BCUT2D eigenvalue weighted by molar-refractivity contribution is 1.20. The Morgan fingerprint density at radius 1 is 0.465 bits per heavy atom. The highest BCUT2D eigenvalue weighted by atomic mass is 15.2. The number of para-hydroxylation sites is 2. The Kier molecular flexibility index (Phi) is 4.45. The topological polar surface area (TPSA) is 29.0 Å². The maximum absolute atomic E-state index is 5.28. The lowest BCUT2D eigenvalue weighted by Crippen LogP contribution is -2.17. The van der Waals surface area contributed by atoms with Gasteiger partial charge in [-0.1, -0.05) is 103 Å². The van der Waals surface area contributed by atoms with E-state index in [1.54, 1.807) is 0 Å². The van der Waals surface area contributed by atoms with Gasteiger partial charge in [0.05, 0.1) is 22.3 Å². The third-order valence-corrected chi connectivity index (χ3v) is 9.17. The van der Waals surface area contributed by atoms with Crippen LogP contribution in [0.25, 0.3) is 77.1 Å². The average Bonchev–Trinajstić information content (AvgIpc) is 3.40. The molecule has 10 rings (SSSR count). The Morgan fingerprint density at radius 3 is 2.07 bits per heavy atom. The molecule has 0 radical (unpaired) electrons. The van der Waals surface area contributed by atoms with Gasteiger partial charge in [-0.3, -0.25) is 9.88 Å². The summed E-state index contributed by atoms with van der Waals surface area (Å²) in [6.45, 7) is 0. The van der Waals surface area contributed by atoms with Gasteiger partial charge in [0.1, 0.15) is 5.82 Å². The first-order chi connectivity index (χ1) is 21.3. The van der Waals surface area contributed by atoms with Crippen molar-refractivity contribution in [2.45, 2.75) is 0 Å². The van der Waals surface area contributed by atoms with Crippen molar-refractivity contribution in [3.8, 4) is 44.6 Å². The molecule has 0 bridgehead atoms. The van der Waals surface area contributed by atoms with E-state index in [-0.39, 0.29) is 0 Å². The molecule has 1 aliphatic carbocycles. The quantitative estimate of drug-likeness (QED) is 0.202. The van der Waals surface area contributed by atoms with Gasteiger partial charge in [0.2, 0.25) is 0 Å². The SMILES string of the molecule is c1cc(-c2ccc3c4c(cccc24)-c2ccccc2-3)cc(N2c3ccccc3-c3nccc4c3c2nc2ccccc24)c1. The van der Waals surface area contributed by atoms with E-state index < -0.39 is 0 Å². The molecule has 3 heteroatoms. The van der Waals surface area contributed by atoms with Crippen LogP contribution in [0.2, 0.25) is 0 Å². The Hall–Kier alpha value is -5.80. The van der Waals surface area contributed by atoms with E-state index in [2.05, 4.69) is 138 Å². The second-order valence-corrected chi connectivity index (χ2v) is 11.4. The highest BCUT2D eigenvalue weighted by Crippen LogP contribution is 2.52. The fourth-order valence-corrected chi connectivity index (χ4v) is 7.36. The maximum Gasteiger partial charge on any atom is 0.148 e. The Morgan fingerprint density at radius 2 is 1.16 bits per heavy atom. The van der Waals surface area contributed by atoms with Gasteiger partial charge in [-0.05, 0) is 79.9 Å². The molecule has 1 aliphatic heterocycles. The summed E-state index contributed by atoms with van der Waals surface area (Å²) in [5, 5.41) is 6.03. The number of benzene rings is 6. The molecule has 0 fully saturated rings. The van der Waals surface area contributed by atoms with E-state index in [0.29, 0.717) is 0 Å². The van der Waals surface area contributed by atoms with Crippen LogP contribution in [0.1, 0.15) is 0 Å². The van der Waals surface area contributed by atoms with Crippen molar-refractivity contribution in [1.29, 1.82) is 0 Å². The van der Waals surface area contributed by atoms with Crippen LogP contribution < -0.4 is 4.90 Å². The van der Waals surface area contributed by atoms with Crippen LogP contribution in [0.4, 0.5) is 17.2 Å². The van der Waals surface area contributed by atoms with Crippen molar-refractivity contribution < 1.29 is 0 Å². The fraction of sp³-hybridized carbons (Fsp3) is 0. The molecule has 8 aromatic rings. The summed E-state index contributed by atoms with van der Waals surface area (Å²) in [5.74, 6) is 0.920. The molecule has 3 nitrogen and oxygen atoms in total. The Balaban J connectivity index is 1.23. The highest BCUT2D eigenvalue weighted by Gasteiger charge is 2.29. The van der Waals surface area contributed by atoms with Gasteiger partial charge in [-0.2, -0.15) is 0 Å². The Labute approximate surface area is 248 Å². The third kappa shape index (κ3) is 3.03. The largest absolute Gasteiger partial charge is 0.294 e. The zero-order valence-corrected chi connectivity index (χ0v) is 23.1. The van der Waals surface area contributed by atoms with E-state index >= 15 is 0 Å². The molecule has 2 aliphatic rings. The second kappa shape index (κ2) is 8.37. The van der Waals surface area contributed by atoms with Crippen molar-refractivity contribution in [2.24, 2.45) is 0 Å². The first-order valence-corrected chi connectivity index (χ1v) is 14.7. The molecule has 0 saturated carbocycles. The molecule has 0 spiro atoms. The summed E-state index contributed by atoms with van der Waals surface area (Å²) in [5.41, 5.74) is 12.9. The van der Waals surface area contributed by atoms with E-state index in [0.717, 1.165) is 44.7 Å². The maximum atomic E-state index is 5.28. The number of nitrogens with zero attached hydrogens (tertiary/aromatic N) is 3. The molecule has 0 N–H and O–H groups in total. The summed E-state index contributed by atoms with van der Waals surface area (Å²) >= 11 is 0. The predicted octanol–water partition coefficient (Wildman–Crippen LogP) is 10.7. The molecule has 0 amide bonds. The standard InChI is InChI=1S/C40H23N3/c1-2-12-28-27(11-1)31-16-8-15-30-26(19-20-32(28)37(30)31)24-9-7-10-25(23-24)43-36-18-6-4-14-34(36)39-38-33(21-22-41-39)29-13-3-5-17-35(29)42-40(38)43/h1-23H. The third-order valence-electron chi connectivity index (χ3n) is 9.17. The average molecular weight is 546 g/mol. The molecular weight excluding hydrogens is 522 g/mol. The summed E-state index contributed by atoms with van der Waals surface area (Å²) in [6, 6.07) is 48.0. The lowest BCUT2D eigenvalue weighted by atomic mass is 9.93. The second-order valence-electron chi connectivity index (χ2n) is 11.4. The van der Waals surface area contributed by atoms with E-state index in [9.17, 15) is 0 Å². The number of rotatable bonds is 2. The zero-order valence-electron chi connectivity index (χ0n) is 23.1. The van der Waals surface area contributed by atoms with Crippen molar-refractivity contribution in [2.75, 3.05) is 4.90 Å². The summed E-state index contributed by atoms with van der Waals surface area (Å²) in [4.78, 5) is 12.5. The molecule has 0 unspecified atom stereocenters. The highest BCUT2D eigenvalue weighted by molar-refractivity contribution is 6.20. The van der Waals surface area contributed by atoms with Crippen LogP contribution in [0.15, 0.2) is 140 Å². The van der Waals surface area contributed by atoms with Crippen LogP contribution in [-0.2, 0) is 0 Å². The minimum absolute atomic E-state index is 0.920. The van der Waals surface area contributed by atoms with Gasteiger partial charge in [0.25, 0.3) is 0 Å². The van der Waals surface area contributed by atoms with Gasteiger partial charge in [0, 0.05) is 22.8 Å². The first kappa shape index (κ1) is 22.8. The number of hydrogen-bond donors (Lipinski definition) is 0. The number of pyridine rings is 2. The molecule has 198 valence electrons. The lowest BCUT2D eigenvalue weighted by Gasteiger charge is -2.32. The van der Waals surface area contributed by atoms with Crippen LogP contribution in [0.3, 0.4) is 0 Å². The molecule has 43 heavy (non-hydrogen) atoms. The van der Waals surface area contributed by atoms with E-state index in [4.69, 9.17) is 9.97 Å². The zero-order chi connectivity index (χ0) is 28.1. The van der Waals surface area contributed by atoms with Crippen molar-refractivity contribution >= 4 is 49.6 Å². The van der Waals surface area contributed by atoms with E-state index in [1.165, 1.54) is 49.5 Å². The molecular formula is C40H23N3. The van der Waals surface area contributed by atoms with Gasteiger partial charge >= 0.3 is 0 Å². The van der Waals surface area contributed by atoms with Crippen LogP contribution >= 0.6 is 0 Å². The van der Waals surface area contributed by atoms with Crippen molar-refractivity contribution in [3.63, 3.8) is 0 Å². The minimum Gasteiger partial charge on any atom is -0.294 e. The summed E-state index contributed by atoms with van der Waals surface area (Å²) < 4.78 is 0. The smallest absolute Gasteiger partial charge is 0.148 e. The van der Waals surface area contributed by atoms with Crippen LogP contribution in [-0.4, -0.2) is 9.97 Å². The molecule has 6 aromatic carbocycles. The van der Waals surface area contributed by atoms with E-state index in [1.807, 2.05) is 6.20 Å². The fourth-order valence-electron chi connectivity index (χ4n) is 7.36. The minimum atomic E-state index is 0.920. The van der Waals surface area contributed by atoms with Crippen LogP contribution in [0.5, 0.6) is 0 Å². The summed E-state index contributed by atoms with van der Waals surface area (Å²) in [7, 11) is 0. The number of fused-ring (bicyclic) bond motifs is 7. The predicted molar refractivity (Wildman–Crippen MR) is 178 cm³/mol. The Bertz CT molecular complexity index is 2450. The van der Waals surface area contributed by atoms with Gasteiger partial charge in [0.15, 0.2) is 0 Å². The van der Waals surface area contributed by atoms with Crippen molar-refractivity contribution in [1.82, 2.24) is 9.97 Å². The number of hydrogen-bond acceptors (Lipinski definition) is 3. The van der Waals surface area contributed by atoms with Gasteiger partial charge in [-0.25, -0.2) is 4.98 Å². The van der Waals surface area contributed by atoms with Gasteiger partial charge in [-0.15, -0.1) is 0 Å². The number of aromatic nitrogens is 2. The van der Waals surface area contributed by atoms with Crippen molar-refractivity contribution in [3.05, 3.63) is 140 Å².